The third-order valence-electron chi connectivity index (χ3n) is 3.18. The zero-order chi connectivity index (χ0) is 18.2. The van der Waals surface area contributed by atoms with Crippen LogP contribution in [0, 0.1) is 0 Å². The van der Waals surface area contributed by atoms with Gasteiger partial charge in [-0.25, -0.2) is 0 Å². The SMILES string of the molecule is CCOc1ccc(NC(=O)COc2c(Cl)cc(C=O)cc2OC)cc1. The summed E-state index contributed by atoms with van der Waals surface area (Å²) in [6.45, 7) is 2.21. The molecule has 1 N–H and O–H groups in total. The quantitative estimate of drug-likeness (QED) is 0.726. The lowest BCUT2D eigenvalue weighted by atomic mass is 10.2. The molecule has 0 fully saturated rings. The Labute approximate surface area is 150 Å². The van der Waals surface area contributed by atoms with Crippen molar-refractivity contribution in [3.63, 3.8) is 0 Å². The molecule has 6 nitrogen and oxygen atoms in total. The molecule has 0 radical (unpaired) electrons. The summed E-state index contributed by atoms with van der Waals surface area (Å²) >= 11 is 6.07. The monoisotopic (exact) mass is 363 g/mol. The van der Waals surface area contributed by atoms with Gasteiger partial charge in [0.15, 0.2) is 18.1 Å². The number of aldehydes is 1. The smallest absolute Gasteiger partial charge is 0.262 e. The van der Waals surface area contributed by atoms with Gasteiger partial charge in [-0.1, -0.05) is 11.6 Å². The molecule has 0 aliphatic heterocycles. The Balaban J connectivity index is 1.99. The van der Waals surface area contributed by atoms with Gasteiger partial charge in [0.2, 0.25) is 0 Å². The van der Waals surface area contributed by atoms with Gasteiger partial charge in [-0.15, -0.1) is 0 Å². The summed E-state index contributed by atoms with van der Waals surface area (Å²) < 4.78 is 15.9. The molecule has 0 aliphatic carbocycles. The van der Waals surface area contributed by atoms with Gasteiger partial charge in [0.1, 0.15) is 12.0 Å². The Bertz CT molecular complexity index is 746. The van der Waals surface area contributed by atoms with Crippen LogP contribution in [0.25, 0.3) is 0 Å². The number of nitrogens with one attached hydrogen (secondary N) is 1. The van der Waals surface area contributed by atoms with Gasteiger partial charge in [0.05, 0.1) is 18.7 Å². The molecule has 0 atom stereocenters. The molecular formula is C18H18ClNO5. The highest BCUT2D eigenvalue weighted by Crippen LogP contribution is 2.36. The summed E-state index contributed by atoms with van der Waals surface area (Å²) in [5.41, 5.74) is 0.972. The molecule has 2 rings (SSSR count). The van der Waals surface area contributed by atoms with Crippen LogP contribution >= 0.6 is 11.6 Å². The third-order valence-corrected chi connectivity index (χ3v) is 3.47. The molecule has 0 saturated carbocycles. The van der Waals surface area contributed by atoms with Crippen molar-refractivity contribution in [2.75, 3.05) is 25.6 Å². The van der Waals surface area contributed by atoms with Crippen LogP contribution in [-0.4, -0.2) is 32.5 Å². The Morgan fingerprint density at radius 1 is 1.20 bits per heavy atom. The maximum absolute atomic E-state index is 12.0. The van der Waals surface area contributed by atoms with Gasteiger partial charge in [-0.3, -0.25) is 9.59 Å². The number of benzene rings is 2. The number of hydrogen-bond acceptors (Lipinski definition) is 5. The number of carbonyl (C=O) groups is 2. The molecule has 0 aromatic heterocycles. The fourth-order valence-corrected chi connectivity index (χ4v) is 2.36. The average molecular weight is 364 g/mol. The molecule has 0 bridgehead atoms. The van der Waals surface area contributed by atoms with E-state index >= 15 is 0 Å². The van der Waals surface area contributed by atoms with Crippen molar-refractivity contribution in [1.29, 1.82) is 0 Å². The first kappa shape index (κ1) is 18.6. The Morgan fingerprint density at radius 2 is 1.92 bits per heavy atom. The van der Waals surface area contributed by atoms with E-state index in [4.69, 9.17) is 25.8 Å². The van der Waals surface area contributed by atoms with Gasteiger partial charge in [0.25, 0.3) is 5.91 Å². The summed E-state index contributed by atoms with van der Waals surface area (Å²) in [7, 11) is 1.42. The first-order chi connectivity index (χ1) is 12.1. The minimum absolute atomic E-state index is 0.190. The number of halogens is 1. The van der Waals surface area contributed by atoms with E-state index in [0.717, 1.165) is 5.75 Å². The normalized spacial score (nSPS) is 10.0. The van der Waals surface area contributed by atoms with E-state index in [1.807, 2.05) is 6.92 Å². The number of carbonyl (C=O) groups excluding carboxylic acids is 2. The van der Waals surface area contributed by atoms with Crippen LogP contribution in [0.2, 0.25) is 5.02 Å². The molecule has 2 aromatic rings. The molecular weight excluding hydrogens is 346 g/mol. The van der Waals surface area contributed by atoms with Crippen LogP contribution in [0.4, 0.5) is 5.69 Å². The largest absolute Gasteiger partial charge is 0.494 e. The van der Waals surface area contributed by atoms with E-state index in [2.05, 4.69) is 5.32 Å². The summed E-state index contributed by atoms with van der Waals surface area (Å²) in [6.07, 6.45) is 0.650. The van der Waals surface area contributed by atoms with Crippen LogP contribution in [0.1, 0.15) is 17.3 Å². The highest BCUT2D eigenvalue weighted by atomic mass is 35.5. The number of hydrogen-bond donors (Lipinski definition) is 1. The number of amides is 1. The first-order valence-corrected chi connectivity index (χ1v) is 7.93. The van der Waals surface area contributed by atoms with Gasteiger partial charge >= 0.3 is 0 Å². The van der Waals surface area contributed by atoms with Crippen molar-refractivity contribution in [2.24, 2.45) is 0 Å². The minimum atomic E-state index is -0.359. The first-order valence-electron chi connectivity index (χ1n) is 7.55. The maximum atomic E-state index is 12.0. The van der Waals surface area contributed by atoms with Gasteiger partial charge in [-0.2, -0.15) is 0 Å². The van der Waals surface area contributed by atoms with Gasteiger partial charge in [-0.05, 0) is 43.3 Å². The van der Waals surface area contributed by atoms with Crippen LogP contribution < -0.4 is 19.5 Å². The second-order valence-electron chi connectivity index (χ2n) is 4.95. The van der Waals surface area contributed by atoms with Crippen LogP contribution in [-0.2, 0) is 4.79 Å². The van der Waals surface area contributed by atoms with Crippen molar-refractivity contribution in [2.45, 2.75) is 6.92 Å². The highest BCUT2D eigenvalue weighted by Gasteiger charge is 2.14. The third kappa shape index (κ3) is 5.12. The van der Waals surface area contributed by atoms with E-state index in [9.17, 15) is 9.59 Å². The van der Waals surface area contributed by atoms with Crippen molar-refractivity contribution < 1.29 is 23.8 Å². The van der Waals surface area contributed by atoms with Crippen molar-refractivity contribution >= 4 is 29.5 Å². The summed E-state index contributed by atoms with van der Waals surface area (Å²) in [5.74, 6) is 0.852. The van der Waals surface area contributed by atoms with Crippen molar-refractivity contribution in [3.05, 3.63) is 47.0 Å². The molecule has 1 amide bonds. The van der Waals surface area contributed by atoms with Crippen LogP contribution in [0.3, 0.4) is 0 Å². The Kier molecular flexibility index (Phi) is 6.65. The maximum Gasteiger partial charge on any atom is 0.262 e. The standard InChI is InChI=1S/C18H18ClNO5/c1-3-24-14-6-4-13(5-7-14)20-17(22)11-25-18-15(19)8-12(10-21)9-16(18)23-2/h4-10H,3,11H2,1-2H3,(H,20,22). The lowest BCUT2D eigenvalue weighted by molar-refractivity contribution is -0.118. The lowest BCUT2D eigenvalue weighted by Crippen LogP contribution is -2.20. The van der Waals surface area contributed by atoms with Crippen LogP contribution in [0.5, 0.6) is 17.2 Å². The van der Waals surface area contributed by atoms with Gasteiger partial charge in [0, 0.05) is 11.3 Å². The zero-order valence-corrected chi connectivity index (χ0v) is 14.6. The van der Waals surface area contributed by atoms with Crippen molar-refractivity contribution in [3.8, 4) is 17.2 Å². The molecule has 132 valence electrons. The summed E-state index contributed by atoms with van der Waals surface area (Å²) in [4.78, 5) is 22.9. The number of methoxy groups -OCH3 is 1. The molecule has 0 heterocycles. The fourth-order valence-electron chi connectivity index (χ4n) is 2.08. The van der Waals surface area contributed by atoms with Crippen molar-refractivity contribution in [1.82, 2.24) is 0 Å². The summed E-state index contributed by atoms with van der Waals surface area (Å²) in [5, 5.41) is 2.89. The van der Waals surface area contributed by atoms with E-state index in [1.54, 1.807) is 24.3 Å². The highest BCUT2D eigenvalue weighted by molar-refractivity contribution is 6.32. The van der Waals surface area contributed by atoms with E-state index in [-0.39, 0.29) is 29.0 Å². The van der Waals surface area contributed by atoms with E-state index in [1.165, 1.54) is 19.2 Å². The number of rotatable bonds is 8. The second kappa shape index (κ2) is 8.94. The van der Waals surface area contributed by atoms with Gasteiger partial charge < -0.3 is 19.5 Å². The summed E-state index contributed by atoms with van der Waals surface area (Å²) in [6, 6.07) is 9.91. The molecule has 0 saturated heterocycles. The average Bonchev–Trinajstić information content (AvgIpc) is 2.61. The number of ether oxygens (including phenoxy) is 3. The van der Waals surface area contributed by atoms with E-state index < -0.39 is 0 Å². The molecule has 0 spiro atoms. The molecule has 0 aliphatic rings. The number of anilines is 1. The lowest BCUT2D eigenvalue weighted by Gasteiger charge is -2.13. The van der Waals surface area contributed by atoms with E-state index in [0.29, 0.717) is 24.1 Å². The Hall–Kier alpha value is -2.73. The molecule has 25 heavy (non-hydrogen) atoms. The van der Waals surface area contributed by atoms with Crippen LogP contribution in [0.15, 0.2) is 36.4 Å². The minimum Gasteiger partial charge on any atom is -0.494 e. The molecule has 2 aromatic carbocycles. The fraction of sp³-hybridized carbons (Fsp3) is 0.222. The molecule has 7 heteroatoms. The zero-order valence-electron chi connectivity index (χ0n) is 13.9. The molecule has 0 unspecified atom stereocenters. The topological polar surface area (TPSA) is 73.9 Å². The predicted octanol–water partition coefficient (Wildman–Crippen LogP) is 3.58. The Morgan fingerprint density at radius 3 is 2.52 bits per heavy atom. The predicted molar refractivity (Wildman–Crippen MR) is 95.1 cm³/mol. The second-order valence-corrected chi connectivity index (χ2v) is 5.35.